The molecule has 0 saturated carbocycles. The molecule has 0 aromatic carbocycles. The van der Waals surface area contributed by atoms with Gasteiger partial charge < -0.3 is 14.2 Å². The van der Waals surface area contributed by atoms with Crippen LogP contribution in [0.3, 0.4) is 0 Å². The Balaban J connectivity index is 4.41. The monoisotopic (exact) mass is 1090 g/mol. The summed E-state index contributed by atoms with van der Waals surface area (Å²) in [6.07, 6.45) is 95.3. The summed E-state index contributed by atoms with van der Waals surface area (Å²) >= 11 is 0. The third-order valence-corrected chi connectivity index (χ3v) is 13.0. The Kier molecular flexibility index (Phi) is 61.4. The predicted octanol–water partition coefficient (Wildman–Crippen LogP) is 22.1. The SMILES string of the molecule is CC/C=C\C/C=C\C/C=C\C/C=C\C/C=C\C/C=C\C/C=C\C/C=C\C/C=C\CCCCCC(=O)OCC(COC(=O)CCCCCCC/C=C\C/C=C\CCC)OC(=O)CCCCCCCCC/C=C\C/C=C\CCCCC. The Morgan fingerprint density at radius 1 is 0.266 bits per heavy atom. The van der Waals surface area contributed by atoms with Crippen LogP contribution in [-0.4, -0.2) is 37.2 Å². The quantitative estimate of drug-likeness (QED) is 0.0261. The molecule has 6 nitrogen and oxygen atoms in total. The number of unbranched alkanes of at least 4 members (excludes halogenated alkanes) is 19. The first-order valence-electron chi connectivity index (χ1n) is 32.0. The highest BCUT2D eigenvalue weighted by molar-refractivity contribution is 5.71. The maximum atomic E-state index is 12.9. The second-order valence-electron chi connectivity index (χ2n) is 20.6. The molecule has 0 aliphatic heterocycles. The Morgan fingerprint density at radius 2 is 0.519 bits per heavy atom. The fourth-order valence-electron chi connectivity index (χ4n) is 8.21. The average molecular weight is 1090 g/mol. The molecule has 444 valence electrons. The van der Waals surface area contributed by atoms with Gasteiger partial charge in [0.15, 0.2) is 6.10 Å². The zero-order chi connectivity index (χ0) is 57.1. The molecule has 0 aliphatic carbocycles. The van der Waals surface area contributed by atoms with Crippen LogP contribution in [0.5, 0.6) is 0 Å². The van der Waals surface area contributed by atoms with E-state index in [-0.39, 0.29) is 31.1 Å². The second-order valence-corrected chi connectivity index (χ2v) is 20.6. The van der Waals surface area contributed by atoms with Crippen molar-refractivity contribution >= 4 is 17.9 Å². The number of esters is 3. The largest absolute Gasteiger partial charge is 0.462 e. The van der Waals surface area contributed by atoms with Gasteiger partial charge in [-0.25, -0.2) is 0 Å². The zero-order valence-corrected chi connectivity index (χ0v) is 50.8. The van der Waals surface area contributed by atoms with Gasteiger partial charge in [-0.15, -0.1) is 0 Å². The van der Waals surface area contributed by atoms with E-state index in [9.17, 15) is 14.4 Å². The normalized spacial score (nSPS) is 13.2. The summed E-state index contributed by atoms with van der Waals surface area (Å²) < 4.78 is 16.9. The molecule has 0 rings (SSSR count). The highest BCUT2D eigenvalue weighted by Gasteiger charge is 2.19. The van der Waals surface area contributed by atoms with Gasteiger partial charge in [0.05, 0.1) is 0 Å². The van der Waals surface area contributed by atoms with Gasteiger partial charge in [0, 0.05) is 19.3 Å². The van der Waals surface area contributed by atoms with Crippen LogP contribution in [-0.2, 0) is 28.6 Å². The summed E-state index contributed by atoms with van der Waals surface area (Å²) in [5.74, 6) is -0.964. The average Bonchev–Trinajstić information content (AvgIpc) is 3.45. The topological polar surface area (TPSA) is 78.9 Å². The highest BCUT2D eigenvalue weighted by Crippen LogP contribution is 2.14. The Hall–Kier alpha value is -4.97. The van der Waals surface area contributed by atoms with Gasteiger partial charge in [0.1, 0.15) is 13.2 Å². The summed E-state index contributed by atoms with van der Waals surface area (Å²) in [5.41, 5.74) is 0. The molecule has 0 N–H and O–H groups in total. The fraction of sp³-hybridized carbons (Fsp3) is 0.603. The zero-order valence-electron chi connectivity index (χ0n) is 50.8. The molecule has 0 fully saturated rings. The van der Waals surface area contributed by atoms with Gasteiger partial charge in [0.25, 0.3) is 0 Å². The van der Waals surface area contributed by atoms with Crippen LogP contribution in [0.15, 0.2) is 158 Å². The first-order chi connectivity index (χ1) is 39.0. The van der Waals surface area contributed by atoms with E-state index >= 15 is 0 Å². The smallest absolute Gasteiger partial charge is 0.306 e. The molecule has 0 spiro atoms. The van der Waals surface area contributed by atoms with E-state index in [0.29, 0.717) is 19.3 Å². The van der Waals surface area contributed by atoms with Crippen molar-refractivity contribution < 1.29 is 28.6 Å². The van der Waals surface area contributed by atoms with Crippen molar-refractivity contribution in [3.05, 3.63) is 158 Å². The van der Waals surface area contributed by atoms with E-state index in [4.69, 9.17) is 14.2 Å². The molecule has 6 heteroatoms. The second kappa shape index (κ2) is 65.5. The van der Waals surface area contributed by atoms with Crippen LogP contribution in [0.2, 0.25) is 0 Å². The van der Waals surface area contributed by atoms with Gasteiger partial charge in [-0.2, -0.15) is 0 Å². The van der Waals surface area contributed by atoms with Gasteiger partial charge in [-0.1, -0.05) is 256 Å². The van der Waals surface area contributed by atoms with E-state index in [1.165, 1.54) is 57.8 Å². The number of carbonyl (C=O) groups is 3. The molecule has 0 aliphatic rings. The summed E-state index contributed by atoms with van der Waals surface area (Å²) in [5, 5.41) is 0. The lowest BCUT2D eigenvalue weighted by Crippen LogP contribution is -2.30. The van der Waals surface area contributed by atoms with Crippen molar-refractivity contribution in [1.29, 1.82) is 0 Å². The van der Waals surface area contributed by atoms with Crippen LogP contribution in [0.25, 0.3) is 0 Å². The molecular weight excluding hydrogens is 973 g/mol. The van der Waals surface area contributed by atoms with E-state index in [2.05, 4.69) is 179 Å². The highest BCUT2D eigenvalue weighted by atomic mass is 16.6. The minimum Gasteiger partial charge on any atom is -0.462 e. The summed E-state index contributed by atoms with van der Waals surface area (Å²) in [6.45, 7) is 6.38. The van der Waals surface area contributed by atoms with Crippen LogP contribution in [0.4, 0.5) is 0 Å². The van der Waals surface area contributed by atoms with Crippen LogP contribution in [0, 0.1) is 0 Å². The van der Waals surface area contributed by atoms with Crippen molar-refractivity contribution in [2.24, 2.45) is 0 Å². The third kappa shape index (κ3) is 63.7. The van der Waals surface area contributed by atoms with Crippen LogP contribution in [0.1, 0.15) is 265 Å². The molecule has 0 saturated heterocycles. The van der Waals surface area contributed by atoms with Crippen molar-refractivity contribution in [1.82, 2.24) is 0 Å². The molecular formula is C73H116O6. The molecule has 0 aromatic heterocycles. The van der Waals surface area contributed by atoms with Gasteiger partial charge in [-0.05, 0) is 148 Å². The minimum atomic E-state index is -0.810. The van der Waals surface area contributed by atoms with Gasteiger partial charge in [-0.3, -0.25) is 14.4 Å². The van der Waals surface area contributed by atoms with E-state index < -0.39 is 6.10 Å². The van der Waals surface area contributed by atoms with E-state index in [1.54, 1.807) is 0 Å². The number of hydrogen-bond donors (Lipinski definition) is 0. The maximum absolute atomic E-state index is 12.9. The van der Waals surface area contributed by atoms with Crippen molar-refractivity contribution in [3.8, 4) is 0 Å². The molecule has 0 heterocycles. The lowest BCUT2D eigenvalue weighted by atomic mass is 10.1. The van der Waals surface area contributed by atoms with Gasteiger partial charge in [0.2, 0.25) is 0 Å². The number of allylic oxidation sites excluding steroid dienone is 26. The standard InChI is InChI=1S/C73H116O6/c1-4-7-10-13-16-19-22-25-27-29-30-31-32-33-34-35-36-37-38-39-40-41-42-44-45-48-51-54-57-60-63-66-72(75)78-69-70(68-77-71(74)65-62-59-56-53-50-47-24-21-18-15-12-9-6-3)79-73(76)67-64-61-58-55-52-49-46-43-28-26-23-20-17-14-11-8-5-2/h7,10,12,15-17,19-21,24-28,30-31,33-34,36-37,39-40,42,44,48,51,70H,4-6,8-9,11,13-14,18,22-23,29,32,35,38,41,43,45-47,49-50,52-69H2,1-3H3/b10-7-,15-12-,19-16-,20-17-,24-21-,27-25-,28-26-,31-30-,34-33-,37-36-,40-39-,44-42-,51-48-. The fourth-order valence-corrected chi connectivity index (χ4v) is 8.21. The minimum absolute atomic E-state index is 0.105. The van der Waals surface area contributed by atoms with Crippen molar-refractivity contribution in [2.45, 2.75) is 271 Å². The summed E-state index contributed by atoms with van der Waals surface area (Å²) in [4.78, 5) is 38.3. The maximum Gasteiger partial charge on any atom is 0.306 e. The number of rotatable bonds is 56. The Labute approximate surface area is 486 Å². The molecule has 79 heavy (non-hydrogen) atoms. The lowest BCUT2D eigenvalue weighted by Gasteiger charge is -2.18. The van der Waals surface area contributed by atoms with E-state index in [0.717, 1.165) is 167 Å². The number of ether oxygens (including phenoxy) is 3. The Morgan fingerprint density at radius 3 is 0.835 bits per heavy atom. The lowest BCUT2D eigenvalue weighted by molar-refractivity contribution is -0.167. The first-order valence-corrected chi connectivity index (χ1v) is 32.0. The molecule has 1 atom stereocenters. The number of hydrogen-bond acceptors (Lipinski definition) is 6. The van der Waals surface area contributed by atoms with E-state index in [1.807, 2.05) is 0 Å². The molecule has 1 unspecified atom stereocenters. The molecule has 0 radical (unpaired) electrons. The van der Waals surface area contributed by atoms with Crippen molar-refractivity contribution in [2.75, 3.05) is 13.2 Å². The predicted molar refractivity (Wildman–Crippen MR) is 343 cm³/mol. The molecule has 0 amide bonds. The van der Waals surface area contributed by atoms with Crippen molar-refractivity contribution in [3.63, 3.8) is 0 Å². The molecule has 0 aromatic rings. The Bertz CT molecular complexity index is 1780. The summed E-state index contributed by atoms with van der Waals surface area (Å²) in [7, 11) is 0. The van der Waals surface area contributed by atoms with Crippen LogP contribution < -0.4 is 0 Å². The number of carbonyl (C=O) groups excluding carboxylic acids is 3. The van der Waals surface area contributed by atoms with Crippen LogP contribution >= 0.6 is 0 Å². The third-order valence-electron chi connectivity index (χ3n) is 13.0. The summed E-state index contributed by atoms with van der Waals surface area (Å²) in [6, 6.07) is 0. The van der Waals surface area contributed by atoms with Gasteiger partial charge >= 0.3 is 17.9 Å². The first kappa shape index (κ1) is 74.0. The molecule has 0 bridgehead atoms.